The first-order valence-corrected chi connectivity index (χ1v) is 5.69. The number of ether oxygens (including phenoxy) is 1. The number of nitrogens with one attached hydrogen (secondary N) is 1. The van der Waals surface area contributed by atoms with Crippen LogP contribution in [0.2, 0.25) is 0 Å². The van der Waals surface area contributed by atoms with E-state index in [1.54, 1.807) is 13.4 Å². The minimum absolute atomic E-state index is 0.259. The standard InChI is InChI=1S/C14H17NO2/c1-11(15-10-14-7-4-8-17-14)12-5-3-6-13(9-12)16-2/h3-9,11,15H,10H2,1-2H3/t11-/m0/s1. The molecule has 3 heteroatoms. The molecule has 1 aromatic carbocycles. The van der Waals surface area contributed by atoms with Gasteiger partial charge >= 0.3 is 0 Å². The van der Waals surface area contributed by atoms with Crippen molar-refractivity contribution in [2.45, 2.75) is 19.5 Å². The smallest absolute Gasteiger partial charge is 0.119 e. The molecule has 0 amide bonds. The molecule has 0 saturated heterocycles. The first kappa shape index (κ1) is 11.7. The minimum atomic E-state index is 0.259. The van der Waals surface area contributed by atoms with Crippen LogP contribution in [0.15, 0.2) is 47.1 Å². The van der Waals surface area contributed by atoms with Crippen LogP contribution in [0.1, 0.15) is 24.3 Å². The summed E-state index contributed by atoms with van der Waals surface area (Å²) in [5.41, 5.74) is 1.20. The van der Waals surface area contributed by atoms with E-state index in [9.17, 15) is 0 Å². The maximum atomic E-state index is 5.28. The minimum Gasteiger partial charge on any atom is -0.497 e. The predicted molar refractivity (Wildman–Crippen MR) is 67.0 cm³/mol. The van der Waals surface area contributed by atoms with Crippen molar-refractivity contribution in [3.8, 4) is 5.75 Å². The highest BCUT2D eigenvalue weighted by Crippen LogP contribution is 2.19. The highest BCUT2D eigenvalue weighted by atomic mass is 16.5. The molecular formula is C14H17NO2. The van der Waals surface area contributed by atoms with Crippen LogP contribution in [-0.2, 0) is 6.54 Å². The molecule has 0 unspecified atom stereocenters. The zero-order valence-corrected chi connectivity index (χ0v) is 10.1. The first-order chi connectivity index (χ1) is 8.29. The van der Waals surface area contributed by atoms with E-state index < -0.39 is 0 Å². The summed E-state index contributed by atoms with van der Waals surface area (Å²) in [4.78, 5) is 0. The third kappa shape index (κ3) is 3.11. The molecular weight excluding hydrogens is 214 g/mol. The average molecular weight is 231 g/mol. The van der Waals surface area contributed by atoms with Gasteiger partial charge in [-0.2, -0.15) is 0 Å². The Hall–Kier alpha value is -1.74. The van der Waals surface area contributed by atoms with E-state index in [4.69, 9.17) is 9.15 Å². The molecule has 0 aliphatic carbocycles. The molecule has 0 aliphatic rings. The molecule has 1 N–H and O–H groups in total. The number of furan rings is 1. The van der Waals surface area contributed by atoms with Crippen molar-refractivity contribution < 1.29 is 9.15 Å². The molecule has 1 atom stereocenters. The topological polar surface area (TPSA) is 34.4 Å². The lowest BCUT2D eigenvalue weighted by atomic mass is 10.1. The monoisotopic (exact) mass is 231 g/mol. The second-order valence-corrected chi connectivity index (χ2v) is 3.96. The Labute approximate surface area is 101 Å². The Morgan fingerprint density at radius 3 is 2.88 bits per heavy atom. The van der Waals surface area contributed by atoms with Crippen LogP contribution in [0.5, 0.6) is 5.75 Å². The van der Waals surface area contributed by atoms with Crippen molar-refractivity contribution in [3.63, 3.8) is 0 Å². The summed E-state index contributed by atoms with van der Waals surface area (Å²) in [5.74, 6) is 1.83. The molecule has 90 valence electrons. The Balaban J connectivity index is 1.96. The summed E-state index contributed by atoms with van der Waals surface area (Å²) >= 11 is 0. The SMILES string of the molecule is COc1cccc([C@H](C)NCc2ccco2)c1. The van der Waals surface area contributed by atoms with Crippen molar-refractivity contribution >= 4 is 0 Å². The van der Waals surface area contributed by atoms with Gasteiger partial charge in [0, 0.05) is 6.04 Å². The maximum Gasteiger partial charge on any atom is 0.119 e. The first-order valence-electron chi connectivity index (χ1n) is 5.69. The number of benzene rings is 1. The molecule has 17 heavy (non-hydrogen) atoms. The molecule has 0 fully saturated rings. The summed E-state index contributed by atoms with van der Waals surface area (Å²) in [6, 6.07) is 12.2. The summed E-state index contributed by atoms with van der Waals surface area (Å²) in [5, 5.41) is 3.40. The molecule has 0 bridgehead atoms. The number of rotatable bonds is 5. The van der Waals surface area contributed by atoms with E-state index in [2.05, 4.69) is 18.3 Å². The van der Waals surface area contributed by atoms with Crippen LogP contribution in [0.25, 0.3) is 0 Å². The Bertz CT molecular complexity index is 451. The van der Waals surface area contributed by atoms with Crippen molar-refractivity contribution in [2.24, 2.45) is 0 Å². The van der Waals surface area contributed by atoms with Crippen LogP contribution in [0.4, 0.5) is 0 Å². The van der Waals surface area contributed by atoms with Gasteiger partial charge in [0.2, 0.25) is 0 Å². The van der Waals surface area contributed by atoms with Gasteiger partial charge in [-0.25, -0.2) is 0 Å². The van der Waals surface area contributed by atoms with Crippen LogP contribution < -0.4 is 10.1 Å². The summed E-state index contributed by atoms with van der Waals surface area (Å²) in [6.07, 6.45) is 1.69. The number of hydrogen-bond donors (Lipinski definition) is 1. The lowest BCUT2D eigenvalue weighted by Gasteiger charge is -2.14. The largest absolute Gasteiger partial charge is 0.497 e. The van der Waals surface area contributed by atoms with Crippen LogP contribution >= 0.6 is 0 Å². The van der Waals surface area contributed by atoms with E-state index in [-0.39, 0.29) is 6.04 Å². The van der Waals surface area contributed by atoms with Gasteiger partial charge in [0.25, 0.3) is 0 Å². The molecule has 3 nitrogen and oxygen atoms in total. The predicted octanol–water partition coefficient (Wildman–Crippen LogP) is 3.14. The van der Waals surface area contributed by atoms with Gasteiger partial charge in [-0.3, -0.25) is 0 Å². The quantitative estimate of drug-likeness (QED) is 0.858. The summed E-state index contributed by atoms with van der Waals surface area (Å²) in [6.45, 7) is 2.85. The molecule has 0 spiro atoms. The van der Waals surface area contributed by atoms with Gasteiger partial charge in [-0.15, -0.1) is 0 Å². The van der Waals surface area contributed by atoms with Gasteiger partial charge in [0.15, 0.2) is 0 Å². The third-order valence-corrected chi connectivity index (χ3v) is 2.76. The zero-order valence-electron chi connectivity index (χ0n) is 10.1. The van der Waals surface area contributed by atoms with E-state index in [0.29, 0.717) is 0 Å². The Morgan fingerprint density at radius 2 is 2.18 bits per heavy atom. The lowest BCUT2D eigenvalue weighted by molar-refractivity contribution is 0.412. The fourth-order valence-electron chi connectivity index (χ4n) is 1.70. The second-order valence-electron chi connectivity index (χ2n) is 3.96. The summed E-state index contributed by atoms with van der Waals surface area (Å²) < 4.78 is 10.5. The molecule has 1 aromatic heterocycles. The van der Waals surface area contributed by atoms with Gasteiger partial charge in [0.1, 0.15) is 11.5 Å². The normalized spacial score (nSPS) is 12.4. The molecule has 0 radical (unpaired) electrons. The summed E-state index contributed by atoms with van der Waals surface area (Å²) in [7, 11) is 1.68. The Morgan fingerprint density at radius 1 is 1.29 bits per heavy atom. The third-order valence-electron chi connectivity index (χ3n) is 2.76. The van der Waals surface area contributed by atoms with Gasteiger partial charge in [-0.05, 0) is 36.8 Å². The molecule has 0 saturated carbocycles. The van der Waals surface area contributed by atoms with Gasteiger partial charge in [-0.1, -0.05) is 12.1 Å². The molecule has 2 aromatic rings. The fourth-order valence-corrected chi connectivity index (χ4v) is 1.70. The Kier molecular flexibility index (Phi) is 3.83. The van der Waals surface area contributed by atoms with E-state index in [0.717, 1.165) is 18.1 Å². The number of methoxy groups -OCH3 is 1. The van der Waals surface area contributed by atoms with E-state index >= 15 is 0 Å². The fraction of sp³-hybridized carbons (Fsp3) is 0.286. The number of hydrogen-bond acceptors (Lipinski definition) is 3. The van der Waals surface area contributed by atoms with Crippen molar-refractivity contribution in [3.05, 3.63) is 54.0 Å². The lowest BCUT2D eigenvalue weighted by Crippen LogP contribution is -2.17. The van der Waals surface area contributed by atoms with Gasteiger partial charge < -0.3 is 14.5 Å². The highest BCUT2D eigenvalue weighted by Gasteiger charge is 2.06. The molecule has 1 heterocycles. The highest BCUT2D eigenvalue weighted by molar-refractivity contribution is 5.30. The molecule has 2 rings (SSSR count). The van der Waals surface area contributed by atoms with Gasteiger partial charge in [0.05, 0.1) is 19.9 Å². The van der Waals surface area contributed by atoms with Crippen LogP contribution in [0, 0.1) is 0 Å². The molecule has 0 aliphatic heterocycles. The second kappa shape index (κ2) is 5.55. The van der Waals surface area contributed by atoms with Crippen molar-refractivity contribution in [2.75, 3.05) is 7.11 Å². The van der Waals surface area contributed by atoms with Crippen molar-refractivity contribution in [1.82, 2.24) is 5.32 Å². The van der Waals surface area contributed by atoms with E-state index in [1.807, 2.05) is 30.3 Å². The van der Waals surface area contributed by atoms with E-state index in [1.165, 1.54) is 5.56 Å². The van der Waals surface area contributed by atoms with Crippen molar-refractivity contribution in [1.29, 1.82) is 0 Å². The average Bonchev–Trinajstić information content (AvgIpc) is 2.89. The van der Waals surface area contributed by atoms with Crippen LogP contribution in [0.3, 0.4) is 0 Å². The zero-order chi connectivity index (χ0) is 12.1. The maximum absolute atomic E-state index is 5.28. The van der Waals surface area contributed by atoms with Crippen LogP contribution in [-0.4, -0.2) is 7.11 Å².